The van der Waals surface area contributed by atoms with E-state index in [4.69, 9.17) is 4.74 Å². The maximum absolute atomic E-state index is 14.8. The molecule has 0 bridgehead atoms. The minimum atomic E-state index is -4.66. The summed E-state index contributed by atoms with van der Waals surface area (Å²) in [7, 11) is 1.39. The number of phenolic OH excluding ortho intramolecular Hbond substituents is 1. The zero-order chi connectivity index (χ0) is 41.7. The van der Waals surface area contributed by atoms with Crippen LogP contribution in [0.2, 0.25) is 0 Å². The van der Waals surface area contributed by atoms with Crippen molar-refractivity contribution in [3.05, 3.63) is 94.4 Å². The first-order valence-corrected chi connectivity index (χ1v) is 19.0. The molecule has 2 unspecified atom stereocenters. The Kier molecular flexibility index (Phi) is 13.2. The first-order valence-electron chi connectivity index (χ1n) is 19.0. The van der Waals surface area contributed by atoms with Crippen LogP contribution in [0.4, 0.5) is 17.6 Å². The molecule has 6 N–H and O–H groups in total. The number of phenols is 1. The van der Waals surface area contributed by atoms with Gasteiger partial charge in [0.15, 0.2) is 11.5 Å². The van der Waals surface area contributed by atoms with Crippen molar-refractivity contribution >= 4 is 34.5 Å². The molecule has 306 valence electrons. The maximum atomic E-state index is 14.8. The molecule has 4 amide bonds. The van der Waals surface area contributed by atoms with Crippen molar-refractivity contribution in [1.82, 2.24) is 26.3 Å². The molecule has 1 aliphatic carbocycles. The average Bonchev–Trinajstić information content (AvgIpc) is 3.56. The zero-order valence-electron chi connectivity index (χ0n) is 32.5. The monoisotopic (exact) mass is 795 g/mol. The number of methoxy groups -OCH3 is 1. The van der Waals surface area contributed by atoms with Gasteiger partial charge < -0.3 is 36.1 Å². The number of hydrogen-bond donors (Lipinski definition) is 6. The zero-order valence-corrected chi connectivity index (χ0v) is 32.5. The minimum absolute atomic E-state index is 0.0313. The summed E-state index contributed by atoms with van der Waals surface area (Å²) in [6.07, 6.45) is -4.30. The highest BCUT2D eigenvalue weighted by Crippen LogP contribution is 2.40. The fourth-order valence-corrected chi connectivity index (χ4v) is 7.23. The SMILES string of the molecule is CCC(C)[C@H](NC(=O)Cc1ccccc1F)C(=O)N[C@]1(C(=O)N[C@H](C(=O)NCc2ccc(O)c(OC)c2)C(C)CC)CCc2[nH]c3c(C(F)(F)F)cccc3c2C1. The molecule has 0 saturated carbocycles. The molecule has 0 spiro atoms. The normalized spacial score (nSPS) is 17.4. The number of alkyl halides is 3. The molecule has 3 aromatic carbocycles. The number of amides is 4. The largest absolute Gasteiger partial charge is 0.504 e. The second-order valence-electron chi connectivity index (χ2n) is 14.8. The van der Waals surface area contributed by atoms with Crippen LogP contribution in [-0.4, -0.2) is 58.5 Å². The summed E-state index contributed by atoms with van der Waals surface area (Å²) in [4.78, 5) is 59.1. The minimum Gasteiger partial charge on any atom is -0.504 e. The highest BCUT2D eigenvalue weighted by molar-refractivity contribution is 5.99. The van der Waals surface area contributed by atoms with Crippen molar-refractivity contribution in [2.24, 2.45) is 11.8 Å². The quantitative estimate of drug-likeness (QED) is 0.0809. The lowest BCUT2D eigenvalue weighted by Gasteiger charge is -2.39. The van der Waals surface area contributed by atoms with Gasteiger partial charge in [-0.1, -0.05) is 76.9 Å². The highest BCUT2D eigenvalue weighted by Gasteiger charge is 2.47. The van der Waals surface area contributed by atoms with E-state index >= 15 is 0 Å². The smallest absolute Gasteiger partial charge is 0.418 e. The Morgan fingerprint density at radius 1 is 0.930 bits per heavy atom. The van der Waals surface area contributed by atoms with Gasteiger partial charge in [-0.05, 0) is 65.6 Å². The van der Waals surface area contributed by atoms with Crippen molar-refractivity contribution in [2.75, 3.05) is 7.11 Å². The number of para-hydroxylation sites is 1. The van der Waals surface area contributed by atoms with E-state index < -0.39 is 70.6 Å². The van der Waals surface area contributed by atoms with Gasteiger partial charge in [0.1, 0.15) is 23.4 Å². The molecule has 0 fully saturated rings. The summed E-state index contributed by atoms with van der Waals surface area (Å²) in [6.45, 7) is 7.21. The van der Waals surface area contributed by atoms with Crippen LogP contribution < -0.4 is 26.0 Å². The molecule has 1 aromatic heterocycles. The molecule has 5 atom stereocenters. The number of benzene rings is 3. The first-order chi connectivity index (χ1) is 27.0. The molecule has 1 heterocycles. The van der Waals surface area contributed by atoms with Crippen molar-refractivity contribution in [3.8, 4) is 11.5 Å². The van der Waals surface area contributed by atoms with Crippen LogP contribution in [0, 0.1) is 17.7 Å². The molecule has 5 rings (SSSR count). The van der Waals surface area contributed by atoms with Crippen LogP contribution in [0.1, 0.15) is 74.9 Å². The summed E-state index contributed by atoms with van der Waals surface area (Å²) in [5, 5.41) is 21.5. The molecule has 15 heteroatoms. The Bertz CT molecular complexity index is 2120. The summed E-state index contributed by atoms with van der Waals surface area (Å²) in [5.74, 6) is -3.89. The second kappa shape index (κ2) is 17.7. The van der Waals surface area contributed by atoms with Gasteiger partial charge in [-0.25, -0.2) is 4.39 Å². The standard InChI is InChI=1S/C42H49F4N5O6/c1-6-23(3)35(38(54)47-22-25-15-16-32(52)33(19-25)57-5)50-40(56)41(18-17-31-28(21-41)27-12-10-13-29(37(27)48-31)42(44,45)46)51-39(55)36(24(4)7-2)49-34(53)20-26-11-8-9-14-30(26)43/h8-16,19,23-24,35-36,48,52H,6-7,17-18,20-22H2,1-5H3,(H,47,54)(H,49,53)(H,50,56)(H,51,55)/t23?,24?,35-,36-,41+/m0/s1. The summed E-state index contributed by atoms with van der Waals surface area (Å²) >= 11 is 0. The van der Waals surface area contributed by atoms with Gasteiger partial charge in [0, 0.05) is 24.0 Å². The van der Waals surface area contributed by atoms with Crippen molar-refractivity contribution in [2.45, 2.75) is 96.6 Å². The van der Waals surface area contributed by atoms with Gasteiger partial charge in [-0.15, -0.1) is 0 Å². The van der Waals surface area contributed by atoms with E-state index in [1.807, 2.05) is 13.8 Å². The number of fused-ring (bicyclic) bond motifs is 3. The van der Waals surface area contributed by atoms with Crippen LogP contribution in [0.25, 0.3) is 10.9 Å². The molecule has 4 aromatic rings. The molecule has 1 aliphatic rings. The molecule has 0 radical (unpaired) electrons. The summed E-state index contributed by atoms with van der Waals surface area (Å²) < 4.78 is 61.9. The third-order valence-electron chi connectivity index (χ3n) is 11.0. The molecular formula is C42H49F4N5O6. The van der Waals surface area contributed by atoms with Gasteiger partial charge >= 0.3 is 6.18 Å². The van der Waals surface area contributed by atoms with E-state index in [0.29, 0.717) is 29.7 Å². The summed E-state index contributed by atoms with van der Waals surface area (Å²) in [6, 6.07) is 11.9. The number of ether oxygens (including phenoxy) is 1. The third-order valence-corrected chi connectivity index (χ3v) is 11.0. The highest BCUT2D eigenvalue weighted by atomic mass is 19.4. The second-order valence-corrected chi connectivity index (χ2v) is 14.8. The fraction of sp³-hybridized carbons (Fsp3) is 0.429. The Morgan fingerprint density at radius 3 is 2.26 bits per heavy atom. The van der Waals surface area contributed by atoms with Gasteiger partial charge in [0.25, 0.3) is 0 Å². The van der Waals surface area contributed by atoms with Crippen LogP contribution in [0.5, 0.6) is 11.5 Å². The van der Waals surface area contributed by atoms with E-state index in [1.54, 1.807) is 32.0 Å². The molecule has 0 aliphatic heterocycles. The van der Waals surface area contributed by atoms with Crippen molar-refractivity contribution in [3.63, 3.8) is 0 Å². The Hall–Kier alpha value is -5.60. The Labute approximate surface area is 328 Å². The van der Waals surface area contributed by atoms with Gasteiger partial charge in [-0.3, -0.25) is 19.2 Å². The number of nitrogens with one attached hydrogen (secondary N) is 5. The maximum Gasteiger partial charge on any atom is 0.418 e. The van der Waals surface area contributed by atoms with E-state index in [0.717, 1.165) is 6.07 Å². The molecule has 57 heavy (non-hydrogen) atoms. The number of rotatable bonds is 15. The van der Waals surface area contributed by atoms with Gasteiger partial charge in [-0.2, -0.15) is 13.2 Å². The first kappa shape index (κ1) is 42.5. The third kappa shape index (κ3) is 9.51. The topological polar surface area (TPSA) is 162 Å². The van der Waals surface area contributed by atoms with Gasteiger partial charge in [0.05, 0.1) is 24.6 Å². The number of aromatic amines is 1. The summed E-state index contributed by atoms with van der Waals surface area (Å²) in [5.41, 5.74) is -1.15. The number of aryl methyl sites for hydroxylation is 1. The number of aromatic hydroxyl groups is 1. The lowest BCUT2D eigenvalue weighted by molar-refractivity contribution is -0.139. The average molecular weight is 796 g/mol. The molecule has 11 nitrogen and oxygen atoms in total. The molecular weight excluding hydrogens is 746 g/mol. The Balaban J connectivity index is 1.49. The van der Waals surface area contributed by atoms with E-state index in [-0.39, 0.29) is 60.2 Å². The number of aromatic nitrogens is 1. The predicted molar refractivity (Wildman–Crippen MR) is 206 cm³/mol. The van der Waals surface area contributed by atoms with Gasteiger partial charge in [0.2, 0.25) is 23.6 Å². The number of H-pyrrole nitrogens is 1. The van der Waals surface area contributed by atoms with Crippen molar-refractivity contribution < 1.29 is 46.6 Å². The van der Waals surface area contributed by atoms with Crippen LogP contribution in [-0.2, 0) is 51.2 Å². The number of hydrogen-bond acceptors (Lipinski definition) is 6. The van der Waals surface area contributed by atoms with E-state index in [1.165, 1.54) is 43.5 Å². The number of carbonyl (C=O) groups excluding carboxylic acids is 4. The van der Waals surface area contributed by atoms with E-state index in [9.17, 15) is 41.8 Å². The lowest BCUT2D eigenvalue weighted by atomic mass is 9.78. The van der Waals surface area contributed by atoms with Crippen LogP contribution >= 0.6 is 0 Å². The molecule has 0 saturated heterocycles. The van der Waals surface area contributed by atoms with Crippen LogP contribution in [0.15, 0.2) is 60.7 Å². The number of halogens is 4. The lowest BCUT2D eigenvalue weighted by Crippen LogP contribution is -2.67. The van der Waals surface area contributed by atoms with E-state index in [2.05, 4.69) is 26.3 Å². The Morgan fingerprint density at radius 2 is 1.61 bits per heavy atom. The van der Waals surface area contributed by atoms with Crippen molar-refractivity contribution in [1.29, 1.82) is 0 Å². The number of carbonyl (C=O) groups is 4. The van der Waals surface area contributed by atoms with Crippen LogP contribution in [0.3, 0.4) is 0 Å². The fourth-order valence-electron chi connectivity index (χ4n) is 7.23. The predicted octanol–water partition coefficient (Wildman–Crippen LogP) is 6.00.